The highest BCUT2D eigenvalue weighted by Crippen LogP contribution is 2.44. The van der Waals surface area contributed by atoms with Crippen molar-refractivity contribution in [3.05, 3.63) is 107 Å². The summed E-state index contributed by atoms with van der Waals surface area (Å²) in [4.78, 5) is 8.09. The zero-order valence-electron chi connectivity index (χ0n) is 16.9. The molecule has 0 radical (unpaired) electrons. The van der Waals surface area contributed by atoms with E-state index in [4.69, 9.17) is 17.0 Å². The van der Waals surface area contributed by atoms with E-state index in [-0.39, 0.29) is 12.1 Å². The Morgan fingerprint density at radius 2 is 1.68 bits per heavy atom. The Morgan fingerprint density at radius 3 is 2.35 bits per heavy atom. The lowest BCUT2D eigenvalue weighted by Gasteiger charge is -2.27. The van der Waals surface area contributed by atoms with Gasteiger partial charge in [0.2, 0.25) is 0 Å². The van der Waals surface area contributed by atoms with Crippen molar-refractivity contribution in [3.8, 4) is 11.5 Å². The number of benzene rings is 2. The van der Waals surface area contributed by atoms with E-state index in [1.54, 1.807) is 11.3 Å². The summed E-state index contributed by atoms with van der Waals surface area (Å²) in [6.07, 6.45) is 1.83. The van der Waals surface area contributed by atoms with Crippen molar-refractivity contribution >= 4 is 34.4 Å². The number of nitrogens with one attached hydrogen (secondary N) is 1. The maximum Gasteiger partial charge on any atom is 0.174 e. The molecule has 0 aliphatic carbocycles. The number of para-hydroxylation sites is 1. The molecule has 3 heterocycles. The Bertz CT molecular complexity index is 1180. The molecule has 4 nitrogen and oxygen atoms in total. The van der Waals surface area contributed by atoms with Gasteiger partial charge in [0.25, 0.3) is 0 Å². The minimum Gasteiger partial charge on any atom is -0.457 e. The fourth-order valence-electron chi connectivity index (χ4n) is 3.89. The van der Waals surface area contributed by atoms with Gasteiger partial charge in [-0.3, -0.25) is 4.98 Å². The molecule has 31 heavy (non-hydrogen) atoms. The quantitative estimate of drug-likeness (QED) is 0.360. The molecule has 0 amide bonds. The molecule has 5 rings (SSSR count). The number of thiocarbonyl (C=S) groups is 1. The number of thiophene rings is 1. The highest BCUT2D eigenvalue weighted by atomic mass is 32.1. The van der Waals surface area contributed by atoms with Gasteiger partial charge in [0.15, 0.2) is 5.11 Å². The van der Waals surface area contributed by atoms with Gasteiger partial charge in [0.1, 0.15) is 11.5 Å². The van der Waals surface area contributed by atoms with Crippen LogP contribution < -0.4 is 15.0 Å². The third-order valence-corrected chi connectivity index (χ3v) is 6.77. The fraction of sp³-hybridized carbons (Fsp3) is 0.120. The van der Waals surface area contributed by atoms with Gasteiger partial charge in [-0.05, 0) is 84.7 Å². The molecule has 2 aromatic heterocycles. The summed E-state index contributed by atoms with van der Waals surface area (Å²) in [5.74, 6) is 1.61. The van der Waals surface area contributed by atoms with Crippen LogP contribution in [0.25, 0.3) is 0 Å². The van der Waals surface area contributed by atoms with Crippen molar-refractivity contribution in [1.29, 1.82) is 0 Å². The predicted molar refractivity (Wildman–Crippen MR) is 130 cm³/mol. The third-order valence-electron chi connectivity index (χ3n) is 5.36. The molecule has 0 bridgehead atoms. The molecule has 2 aromatic carbocycles. The molecular weight excluding hydrogens is 422 g/mol. The van der Waals surface area contributed by atoms with Crippen LogP contribution in [-0.2, 0) is 0 Å². The lowest BCUT2D eigenvalue weighted by molar-refractivity contribution is 0.482. The smallest absolute Gasteiger partial charge is 0.174 e. The molecule has 1 aliphatic heterocycles. The molecule has 6 heteroatoms. The summed E-state index contributed by atoms with van der Waals surface area (Å²) >= 11 is 7.55. The van der Waals surface area contributed by atoms with Crippen LogP contribution in [0, 0.1) is 6.92 Å². The van der Waals surface area contributed by atoms with Gasteiger partial charge >= 0.3 is 0 Å². The number of rotatable bonds is 5. The van der Waals surface area contributed by atoms with Crippen molar-refractivity contribution < 1.29 is 4.74 Å². The summed E-state index contributed by atoms with van der Waals surface area (Å²) < 4.78 is 5.96. The zero-order chi connectivity index (χ0) is 21.2. The van der Waals surface area contributed by atoms with E-state index in [1.807, 2.05) is 60.8 Å². The molecule has 1 aliphatic rings. The highest BCUT2D eigenvalue weighted by molar-refractivity contribution is 7.80. The second-order valence-electron chi connectivity index (χ2n) is 7.37. The first-order valence-corrected chi connectivity index (χ1v) is 11.4. The average Bonchev–Trinajstić information content (AvgIpc) is 3.38. The monoisotopic (exact) mass is 443 g/mol. The van der Waals surface area contributed by atoms with Crippen molar-refractivity contribution in [3.63, 3.8) is 0 Å². The zero-order valence-corrected chi connectivity index (χ0v) is 18.6. The van der Waals surface area contributed by atoms with Crippen LogP contribution >= 0.6 is 23.6 Å². The summed E-state index contributed by atoms with van der Waals surface area (Å²) in [6.45, 7) is 2.15. The van der Waals surface area contributed by atoms with Crippen molar-refractivity contribution in [1.82, 2.24) is 10.3 Å². The maximum atomic E-state index is 5.96. The minimum atomic E-state index is -0.0219. The van der Waals surface area contributed by atoms with Crippen LogP contribution in [0.2, 0.25) is 0 Å². The Kier molecular flexibility index (Phi) is 5.40. The van der Waals surface area contributed by atoms with E-state index >= 15 is 0 Å². The van der Waals surface area contributed by atoms with E-state index in [0.717, 1.165) is 22.9 Å². The highest BCUT2D eigenvalue weighted by Gasteiger charge is 2.41. The maximum absolute atomic E-state index is 5.96. The van der Waals surface area contributed by atoms with Gasteiger partial charge in [-0.2, -0.15) is 0 Å². The normalized spacial score (nSPS) is 18.1. The molecule has 2 unspecified atom stereocenters. The van der Waals surface area contributed by atoms with Gasteiger partial charge in [-0.15, -0.1) is 11.3 Å². The van der Waals surface area contributed by atoms with Crippen molar-refractivity contribution in [2.45, 2.75) is 19.0 Å². The first-order valence-electron chi connectivity index (χ1n) is 10.1. The Hall–Kier alpha value is -3.22. The van der Waals surface area contributed by atoms with Crippen LogP contribution in [0.1, 0.15) is 28.2 Å². The number of hydrogen-bond donors (Lipinski definition) is 1. The van der Waals surface area contributed by atoms with Crippen LogP contribution in [0.4, 0.5) is 5.69 Å². The predicted octanol–water partition coefficient (Wildman–Crippen LogP) is 6.42. The molecule has 4 aromatic rings. The van der Waals surface area contributed by atoms with Crippen LogP contribution in [0.15, 0.2) is 90.4 Å². The lowest BCUT2D eigenvalue weighted by atomic mass is 10.0. The molecule has 1 fully saturated rings. The second kappa shape index (κ2) is 8.49. The van der Waals surface area contributed by atoms with Crippen LogP contribution in [0.3, 0.4) is 0 Å². The molecular formula is C25H21N3OS2. The van der Waals surface area contributed by atoms with Gasteiger partial charge in [-0.25, -0.2) is 0 Å². The van der Waals surface area contributed by atoms with E-state index in [9.17, 15) is 0 Å². The Labute approximate surface area is 191 Å². The van der Waals surface area contributed by atoms with E-state index in [2.05, 4.69) is 51.8 Å². The van der Waals surface area contributed by atoms with E-state index < -0.39 is 0 Å². The summed E-state index contributed by atoms with van der Waals surface area (Å²) in [5, 5.41) is 6.34. The summed E-state index contributed by atoms with van der Waals surface area (Å²) in [5.41, 5.74) is 3.26. The van der Waals surface area contributed by atoms with Gasteiger partial charge in [0.05, 0.1) is 17.8 Å². The number of pyridine rings is 1. The first kappa shape index (κ1) is 19.7. The summed E-state index contributed by atoms with van der Waals surface area (Å²) in [7, 11) is 0. The summed E-state index contributed by atoms with van der Waals surface area (Å²) in [6, 6.07) is 26.0. The SMILES string of the molecule is Cc1ccsc1C1C(c2ccccn2)NC(=S)N1c1ccc(Oc2ccccc2)cc1. The topological polar surface area (TPSA) is 37.4 Å². The second-order valence-corrected chi connectivity index (χ2v) is 8.71. The lowest BCUT2D eigenvalue weighted by Crippen LogP contribution is -2.29. The van der Waals surface area contributed by atoms with Gasteiger partial charge in [-0.1, -0.05) is 24.3 Å². The fourth-order valence-corrected chi connectivity index (χ4v) is 5.29. The molecule has 154 valence electrons. The van der Waals surface area contributed by atoms with E-state index in [1.165, 1.54) is 10.4 Å². The molecule has 0 spiro atoms. The number of nitrogens with zero attached hydrogens (tertiary/aromatic N) is 2. The first-order chi connectivity index (χ1) is 15.2. The molecule has 1 N–H and O–H groups in total. The number of aryl methyl sites for hydroxylation is 1. The van der Waals surface area contributed by atoms with Crippen molar-refractivity contribution in [2.24, 2.45) is 0 Å². The number of anilines is 1. The Balaban J connectivity index is 1.49. The molecule has 0 saturated carbocycles. The van der Waals surface area contributed by atoms with E-state index in [0.29, 0.717) is 5.11 Å². The third kappa shape index (κ3) is 3.92. The number of ether oxygens (including phenoxy) is 1. The van der Waals surface area contributed by atoms with Gasteiger partial charge < -0.3 is 15.0 Å². The molecule has 2 atom stereocenters. The minimum absolute atomic E-state index is 0.0219. The molecule has 1 saturated heterocycles. The number of aromatic nitrogens is 1. The standard InChI is InChI=1S/C25H21N3OS2/c1-17-14-16-31-24(17)23-22(21-9-5-6-15-26-21)27-25(30)28(23)18-10-12-20(13-11-18)29-19-7-3-2-4-8-19/h2-16,22-23H,1H3,(H,27,30). The van der Waals surface area contributed by atoms with Crippen LogP contribution in [0.5, 0.6) is 11.5 Å². The number of hydrogen-bond acceptors (Lipinski definition) is 4. The van der Waals surface area contributed by atoms with Crippen LogP contribution in [-0.4, -0.2) is 10.1 Å². The average molecular weight is 444 g/mol. The van der Waals surface area contributed by atoms with Gasteiger partial charge in [0, 0.05) is 16.8 Å². The largest absolute Gasteiger partial charge is 0.457 e. The van der Waals surface area contributed by atoms with Crippen molar-refractivity contribution in [2.75, 3.05) is 4.90 Å². The Morgan fingerprint density at radius 1 is 0.935 bits per heavy atom.